The van der Waals surface area contributed by atoms with Crippen LogP contribution in [0.1, 0.15) is 55.3 Å². The molecule has 10 heteroatoms. The molecule has 0 aliphatic carbocycles. The summed E-state index contributed by atoms with van der Waals surface area (Å²) in [5.74, 6) is -0.368. The summed E-state index contributed by atoms with van der Waals surface area (Å²) in [6.07, 6.45) is 4.97. The first-order valence-corrected chi connectivity index (χ1v) is 15.6. The van der Waals surface area contributed by atoms with Crippen LogP contribution in [0.2, 0.25) is 0 Å². The Kier molecular flexibility index (Phi) is 10.6. The van der Waals surface area contributed by atoms with Crippen molar-refractivity contribution in [3.63, 3.8) is 0 Å². The van der Waals surface area contributed by atoms with Crippen molar-refractivity contribution in [2.24, 2.45) is 5.73 Å². The Balaban J connectivity index is 1.29. The third-order valence-corrected chi connectivity index (χ3v) is 8.18. The first kappa shape index (κ1) is 32.6. The molecule has 3 amide bonds. The SMILES string of the molecule is CC(C)(N)C(=O)N[C@H](COCc1ccccc1)C(=O)Nc1cn(C(C(=O)N2CCC(c3ccccc3)CC2)c2ccccc2)cn1. The lowest BCUT2D eigenvalue weighted by Gasteiger charge is -2.35. The van der Waals surface area contributed by atoms with Gasteiger partial charge in [0.15, 0.2) is 5.82 Å². The van der Waals surface area contributed by atoms with Crippen molar-refractivity contribution < 1.29 is 19.1 Å². The number of likely N-dealkylation sites (tertiary alicyclic amines) is 1. The van der Waals surface area contributed by atoms with Gasteiger partial charge in [-0.15, -0.1) is 0 Å². The molecule has 0 saturated carbocycles. The zero-order chi connectivity index (χ0) is 32.5. The summed E-state index contributed by atoms with van der Waals surface area (Å²) in [6.45, 7) is 4.63. The molecule has 2 heterocycles. The number of nitrogens with zero attached hydrogens (tertiary/aromatic N) is 3. The minimum absolute atomic E-state index is 0.0300. The molecule has 10 nitrogen and oxygen atoms in total. The molecule has 2 atom stereocenters. The molecule has 1 aromatic heterocycles. The molecule has 1 fully saturated rings. The van der Waals surface area contributed by atoms with Crippen LogP contribution >= 0.6 is 0 Å². The monoisotopic (exact) mass is 622 g/mol. The Morgan fingerprint density at radius 2 is 1.54 bits per heavy atom. The van der Waals surface area contributed by atoms with Crippen LogP contribution in [-0.4, -0.2) is 63.4 Å². The number of amides is 3. The van der Waals surface area contributed by atoms with Gasteiger partial charge in [0, 0.05) is 19.3 Å². The third-order valence-electron chi connectivity index (χ3n) is 8.18. The summed E-state index contributed by atoms with van der Waals surface area (Å²) in [5.41, 5.74) is 7.85. The van der Waals surface area contributed by atoms with E-state index in [2.05, 4.69) is 39.9 Å². The molecule has 5 rings (SSSR count). The van der Waals surface area contributed by atoms with E-state index in [1.54, 1.807) is 30.9 Å². The molecule has 46 heavy (non-hydrogen) atoms. The van der Waals surface area contributed by atoms with Gasteiger partial charge in [-0.2, -0.15) is 0 Å². The minimum atomic E-state index is -1.20. The van der Waals surface area contributed by atoms with Crippen LogP contribution in [-0.2, 0) is 25.7 Å². The van der Waals surface area contributed by atoms with Crippen molar-refractivity contribution in [1.29, 1.82) is 0 Å². The number of hydrogen-bond acceptors (Lipinski definition) is 6. The van der Waals surface area contributed by atoms with Gasteiger partial charge in [-0.1, -0.05) is 91.0 Å². The lowest BCUT2D eigenvalue weighted by Crippen LogP contribution is -2.56. The van der Waals surface area contributed by atoms with Crippen LogP contribution < -0.4 is 16.4 Å². The summed E-state index contributed by atoms with van der Waals surface area (Å²) >= 11 is 0. The van der Waals surface area contributed by atoms with Gasteiger partial charge in [-0.25, -0.2) is 4.98 Å². The summed E-state index contributed by atoms with van der Waals surface area (Å²) in [5, 5.41) is 5.48. The lowest BCUT2D eigenvalue weighted by atomic mass is 9.89. The summed E-state index contributed by atoms with van der Waals surface area (Å²) in [7, 11) is 0. The number of benzene rings is 3. The molecular weight excluding hydrogens is 580 g/mol. The second-order valence-electron chi connectivity index (χ2n) is 12.3. The van der Waals surface area contributed by atoms with Gasteiger partial charge in [0.25, 0.3) is 5.91 Å². The van der Waals surface area contributed by atoms with Crippen molar-refractivity contribution in [2.45, 2.75) is 56.8 Å². The van der Waals surface area contributed by atoms with Gasteiger partial charge in [0.2, 0.25) is 11.8 Å². The molecule has 1 unspecified atom stereocenters. The zero-order valence-electron chi connectivity index (χ0n) is 26.3. The van der Waals surface area contributed by atoms with Crippen molar-refractivity contribution in [3.8, 4) is 0 Å². The predicted molar refractivity (Wildman–Crippen MR) is 177 cm³/mol. The maximum Gasteiger partial charge on any atom is 0.250 e. The van der Waals surface area contributed by atoms with Crippen LogP contribution in [0.3, 0.4) is 0 Å². The van der Waals surface area contributed by atoms with Gasteiger partial charge in [0.1, 0.15) is 12.1 Å². The quantitative estimate of drug-likeness (QED) is 0.217. The molecule has 1 saturated heterocycles. The van der Waals surface area contributed by atoms with E-state index in [9.17, 15) is 14.4 Å². The number of aromatic nitrogens is 2. The Bertz CT molecular complexity index is 1580. The van der Waals surface area contributed by atoms with E-state index in [4.69, 9.17) is 10.5 Å². The molecule has 1 aliphatic rings. The first-order chi connectivity index (χ1) is 22.2. The molecule has 3 aromatic carbocycles. The number of ether oxygens (including phenoxy) is 1. The fourth-order valence-corrected chi connectivity index (χ4v) is 5.56. The maximum absolute atomic E-state index is 14.0. The molecule has 0 bridgehead atoms. The van der Waals surface area contributed by atoms with Crippen molar-refractivity contribution >= 4 is 23.5 Å². The second-order valence-corrected chi connectivity index (χ2v) is 12.3. The molecule has 4 aromatic rings. The van der Waals surface area contributed by atoms with Gasteiger partial charge in [-0.05, 0) is 49.3 Å². The van der Waals surface area contributed by atoms with Crippen LogP contribution in [0.25, 0.3) is 0 Å². The molecule has 240 valence electrons. The Morgan fingerprint density at radius 1 is 0.935 bits per heavy atom. The third kappa shape index (κ3) is 8.47. The molecule has 4 N–H and O–H groups in total. The fourth-order valence-electron chi connectivity index (χ4n) is 5.56. The highest BCUT2D eigenvalue weighted by atomic mass is 16.5. The van der Waals surface area contributed by atoms with Crippen LogP contribution in [0.4, 0.5) is 5.82 Å². The number of imidazole rings is 1. The number of anilines is 1. The highest BCUT2D eigenvalue weighted by molar-refractivity contribution is 5.98. The fraction of sp³-hybridized carbons (Fsp3) is 0.333. The van der Waals surface area contributed by atoms with E-state index in [-0.39, 0.29) is 24.9 Å². The zero-order valence-corrected chi connectivity index (χ0v) is 26.3. The van der Waals surface area contributed by atoms with E-state index in [1.165, 1.54) is 5.56 Å². The van der Waals surface area contributed by atoms with Crippen LogP contribution in [0, 0.1) is 0 Å². The van der Waals surface area contributed by atoms with Gasteiger partial charge < -0.3 is 30.6 Å². The Hall–Kier alpha value is -4.80. The molecule has 0 radical (unpaired) electrons. The molecule has 1 aliphatic heterocycles. The smallest absolute Gasteiger partial charge is 0.250 e. The Labute approximate surface area is 270 Å². The van der Waals surface area contributed by atoms with Gasteiger partial charge in [-0.3, -0.25) is 14.4 Å². The number of nitrogens with two attached hydrogens (primary N) is 1. The predicted octanol–water partition coefficient (Wildman–Crippen LogP) is 4.26. The molecular formula is C36H42N6O4. The first-order valence-electron chi connectivity index (χ1n) is 15.6. The number of hydrogen-bond donors (Lipinski definition) is 3. The number of carbonyl (C=O) groups excluding carboxylic acids is 3. The normalized spacial score (nSPS) is 15.2. The standard InChI is InChI=1S/C36H42N6O4/c1-36(2,37)35(45)39-30(24-46-23-26-12-6-3-7-13-26)33(43)40-31-22-42(25-38-31)32(29-16-10-5-11-17-29)34(44)41-20-18-28(19-21-41)27-14-8-4-9-15-27/h3-17,22,25,28,30,32H,18-21,23-24,37H2,1-2H3,(H,39,45)(H,40,43)/t30-,32?/m1/s1. The van der Waals surface area contributed by atoms with Crippen LogP contribution in [0.15, 0.2) is 104 Å². The summed E-state index contributed by atoms with van der Waals surface area (Å²) < 4.78 is 7.52. The number of carbonyl (C=O) groups is 3. The average Bonchev–Trinajstić information content (AvgIpc) is 3.52. The Morgan fingerprint density at radius 3 is 2.17 bits per heavy atom. The van der Waals surface area contributed by atoms with E-state index in [0.29, 0.717) is 19.0 Å². The van der Waals surface area contributed by atoms with E-state index in [1.807, 2.05) is 71.6 Å². The summed E-state index contributed by atoms with van der Waals surface area (Å²) in [6, 6.07) is 27.8. The van der Waals surface area contributed by atoms with E-state index >= 15 is 0 Å². The number of nitrogens with one attached hydrogen (secondary N) is 2. The van der Waals surface area contributed by atoms with Crippen LogP contribution in [0.5, 0.6) is 0 Å². The topological polar surface area (TPSA) is 132 Å². The average molecular weight is 623 g/mol. The maximum atomic E-state index is 14.0. The van der Waals surface area contributed by atoms with Crippen molar-refractivity contribution in [3.05, 3.63) is 120 Å². The highest BCUT2D eigenvalue weighted by Crippen LogP contribution is 2.30. The van der Waals surface area contributed by atoms with Crippen molar-refractivity contribution in [1.82, 2.24) is 19.8 Å². The van der Waals surface area contributed by atoms with Crippen molar-refractivity contribution in [2.75, 3.05) is 25.0 Å². The van der Waals surface area contributed by atoms with E-state index in [0.717, 1.165) is 24.0 Å². The lowest BCUT2D eigenvalue weighted by molar-refractivity contribution is -0.134. The van der Waals surface area contributed by atoms with Gasteiger partial charge in [0.05, 0.1) is 25.1 Å². The number of piperidine rings is 1. The largest absolute Gasteiger partial charge is 0.374 e. The van der Waals surface area contributed by atoms with E-state index < -0.39 is 29.4 Å². The number of rotatable bonds is 12. The molecule has 0 spiro atoms. The van der Waals surface area contributed by atoms with Gasteiger partial charge >= 0.3 is 0 Å². The summed E-state index contributed by atoms with van der Waals surface area (Å²) in [4.78, 5) is 46.5. The minimum Gasteiger partial charge on any atom is -0.374 e. The highest BCUT2D eigenvalue weighted by Gasteiger charge is 2.32. The second kappa shape index (κ2) is 15.0.